The molecule has 1 N–H and O–H groups in total. The van der Waals surface area contributed by atoms with Crippen LogP contribution in [0.4, 0.5) is 8.78 Å². The quantitative estimate of drug-likeness (QED) is 0.753. The Morgan fingerprint density at radius 2 is 1.84 bits per heavy atom. The van der Waals surface area contributed by atoms with Crippen molar-refractivity contribution < 1.29 is 8.78 Å². The van der Waals surface area contributed by atoms with Crippen LogP contribution in [-0.2, 0) is 0 Å². The largest absolute Gasteiger partial charge is 0.303 e. The van der Waals surface area contributed by atoms with Gasteiger partial charge in [0.1, 0.15) is 17.3 Å². The smallest absolute Gasteiger partial charge is 0.126 e. The average molecular weight is 355 g/mol. The van der Waals surface area contributed by atoms with Crippen LogP contribution in [-0.4, -0.2) is 22.2 Å². The molecule has 6 heteroatoms. The topological polar surface area (TPSA) is 29.9 Å². The predicted octanol–water partition coefficient (Wildman–Crippen LogP) is 4.45. The molecule has 25 heavy (non-hydrogen) atoms. The average Bonchev–Trinajstić information content (AvgIpc) is 3.25. The van der Waals surface area contributed by atoms with Gasteiger partial charge < -0.3 is 5.32 Å². The zero-order valence-corrected chi connectivity index (χ0v) is 14.1. The second-order valence-corrected chi connectivity index (χ2v) is 6.80. The molecule has 1 fully saturated rings. The van der Waals surface area contributed by atoms with Crippen LogP contribution in [0.25, 0.3) is 23.0 Å². The Bertz CT molecular complexity index is 907. The second kappa shape index (κ2) is 6.82. The van der Waals surface area contributed by atoms with E-state index in [1.807, 2.05) is 42.6 Å². The van der Waals surface area contributed by atoms with Crippen LogP contribution in [0.5, 0.6) is 0 Å². The maximum absolute atomic E-state index is 13.7. The van der Waals surface area contributed by atoms with Crippen molar-refractivity contribution in [3.05, 3.63) is 76.8 Å². The van der Waals surface area contributed by atoms with Crippen LogP contribution in [0.3, 0.4) is 0 Å². The summed E-state index contributed by atoms with van der Waals surface area (Å²) in [4.78, 5) is 1.17. The van der Waals surface area contributed by atoms with Crippen molar-refractivity contribution in [2.24, 2.45) is 0 Å². The molecule has 0 aliphatic carbocycles. The molecule has 4 rings (SSSR count). The van der Waals surface area contributed by atoms with Gasteiger partial charge in [-0.25, -0.2) is 13.5 Å². The monoisotopic (exact) mass is 355 g/mol. The number of hydrogen-bond donors (Lipinski definition) is 1. The van der Waals surface area contributed by atoms with Crippen molar-refractivity contribution in [3.8, 4) is 16.9 Å². The SMILES string of the molecule is Fc1cc(F)cc(-c2nn(-c3ccccc3)cc2C=C2CNCS2)c1. The summed E-state index contributed by atoms with van der Waals surface area (Å²) in [5.74, 6) is -0.359. The molecule has 0 spiro atoms. The third-order valence-corrected chi connectivity index (χ3v) is 4.86. The predicted molar refractivity (Wildman–Crippen MR) is 97.4 cm³/mol. The molecule has 0 saturated carbocycles. The first-order valence-electron chi connectivity index (χ1n) is 7.85. The number of nitrogens with one attached hydrogen (secondary N) is 1. The standard InChI is InChI=1S/C19H15F2N3S/c20-15-6-13(7-16(21)9-15)19-14(8-18-10-22-12-25-18)11-24(23-19)17-4-2-1-3-5-17/h1-9,11,22H,10,12H2. The summed E-state index contributed by atoms with van der Waals surface area (Å²) < 4.78 is 29.1. The Balaban J connectivity index is 1.85. The Kier molecular flexibility index (Phi) is 4.38. The number of benzene rings is 2. The van der Waals surface area contributed by atoms with Crippen molar-refractivity contribution in [3.63, 3.8) is 0 Å². The Morgan fingerprint density at radius 3 is 2.52 bits per heavy atom. The van der Waals surface area contributed by atoms with Crippen molar-refractivity contribution in [1.82, 2.24) is 15.1 Å². The Hall–Kier alpha value is -2.44. The van der Waals surface area contributed by atoms with Gasteiger partial charge in [0.15, 0.2) is 0 Å². The highest BCUT2D eigenvalue weighted by Gasteiger charge is 2.15. The molecule has 1 saturated heterocycles. The number of rotatable bonds is 3. The molecule has 0 unspecified atom stereocenters. The fraction of sp³-hybridized carbons (Fsp3) is 0.105. The number of para-hydroxylation sites is 1. The number of aromatic nitrogens is 2. The summed E-state index contributed by atoms with van der Waals surface area (Å²) >= 11 is 1.72. The van der Waals surface area contributed by atoms with Crippen molar-refractivity contribution in [2.45, 2.75) is 0 Å². The van der Waals surface area contributed by atoms with Crippen LogP contribution >= 0.6 is 11.8 Å². The van der Waals surface area contributed by atoms with Gasteiger partial charge in [-0.3, -0.25) is 0 Å². The normalized spacial score (nSPS) is 15.8. The lowest BCUT2D eigenvalue weighted by molar-refractivity contribution is 0.584. The van der Waals surface area contributed by atoms with Gasteiger partial charge in [0.05, 0.1) is 5.69 Å². The molecule has 2 aromatic carbocycles. The van der Waals surface area contributed by atoms with Crippen molar-refractivity contribution >= 4 is 17.8 Å². The van der Waals surface area contributed by atoms with E-state index in [1.54, 1.807) is 16.4 Å². The van der Waals surface area contributed by atoms with E-state index in [9.17, 15) is 8.78 Å². The third kappa shape index (κ3) is 3.50. The summed E-state index contributed by atoms with van der Waals surface area (Å²) in [5.41, 5.74) is 2.71. The molecule has 1 aliphatic heterocycles. The summed E-state index contributed by atoms with van der Waals surface area (Å²) in [6.07, 6.45) is 3.91. The first-order valence-corrected chi connectivity index (χ1v) is 8.83. The van der Waals surface area contributed by atoms with E-state index in [0.717, 1.165) is 29.7 Å². The lowest BCUT2D eigenvalue weighted by Gasteiger charge is -2.02. The Labute approximate surface area is 148 Å². The van der Waals surface area contributed by atoms with Gasteiger partial charge >= 0.3 is 0 Å². The lowest BCUT2D eigenvalue weighted by Crippen LogP contribution is -2.04. The zero-order valence-electron chi connectivity index (χ0n) is 13.2. The molecule has 0 atom stereocenters. The Morgan fingerprint density at radius 1 is 1.08 bits per heavy atom. The van der Waals surface area contributed by atoms with Gasteiger partial charge in [-0.2, -0.15) is 5.10 Å². The molecule has 0 bridgehead atoms. The molecule has 3 nitrogen and oxygen atoms in total. The molecule has 3 aromatic rings. The maximum Gasteiger partial charge on any atom is 0.126 e. The molecule has 0 radical (unpaired) electrons. The fourth-order valence-corrected chi connectivity index (χ4v) is 3.56. The molecule has 2 heterocycles. The number of hydrogen-bond acceptors (Lipinski definition) is 3. The minimum Gasteiger partial charge on any atom is -0.303 e. The van der Waals surface area contributed by atoms with Gasteiger partial charge in [-0.15, -0.1) is 11.8 Å². The first kappa shape index (κ1) is 16.1. The van der Waals surface area contributed by atoms with Crippen molar-refractivity contribution in [1.29, 1.82) is 0 Å². The number of thioether (sulfide) groups is 1. The fourth-order valence-electron chi connectivity index (χ4n) is 2.76. The zero-order chi connectivity index (χ0) is 17.2. The minimum absolute atomic E-state index is 0.426. The minimum atomic E-state index is -0.611. The first-order chi connectivity index (χ1) is 12.2. The van der Waals surface area contributed by atoms with Crippen molar-refractivity contribution in [2.75, 3.05) is 12.4 Å². The van der Waals surface area contributed by atoms with Crippen LogP contribution < -0.4 is 5.32 Å². The lowest BCUT2D eigenvalue weighted by atomic mass is 10.1. The van der Waals surface area contributed by atoms with Crippen LogP contribution in [0.15, 0.2) is 59.6 Å². The summed E-state index contributed by atoms with van der Waals surface area (Å²) in [6.45, 7) is 0.790. The van der Waals surface area contributed by atoms with Gasteiger partial charge in [0, 0.05) is 40.7 Å². The van der Waals surface area contributed by atoms with E-state index < -0.39 is 11.6 Å². The van der Waals surface area contributed by atoms with E-state index in [0.29, 0.717) is 11.3 Å². The summed E-state index contributed by atoms with van der Waals surface area (Å²) in [6, 6.07) is 13.1. The maximum atomic E-state index is 13.7. The molecular formula is C19H15F2N3S. The highest BCUT2D eigenvalue weighted by molar-refractivity contribution is 8.03. The number of halogens is 2. The molecular weight excluding hydrogens is 340 g/mol. The third-order valence-electron chi connectivity index (χ3n) is 3.87. The second-order valence-electron chi connectivity index (χ2n) is 5.70. The van der Waals surface area contributed by atoms with Gasteiger partial charge in [0.25, 0.3) is 0 Å². The van der Waals surface area contributed by atoms with E-state index in [-0.39, 0.29) is 0 Å². The molecule has 0 amide bonds. The molecule has 126 valence electrons. The molecule has 1 aromatic heterocycles. The van der Waals surface area contributed by atoms with Crippen LogP contribution in [0, 0.1) is 11.6 Å². The molecule has 1 aliphatic rings. The van der Waals surface area contributed by atoms with Crippen LogP contribution in [0.2, 0.25) is 0 Å². The summed E-state index contributed by atoms with van der Waals surface area (Å²) in [7, 11) is 0. The van der Waals surface area contributed by atoms with Crippen LogP contribution in [0.1, 0.15) is 5.56 Å². The highest BCUT2D eigenvalue weighted by atomic mass is 32.2. The van der Waals surface area contributed by atoms with E-state index in [4.69, 9.17) is 0 Å². The summed E-state index contributed by atoms with van der Waals surface area (Å²) in [5, 5.41) is 7.84. The van der Waals surface area contributed by atoms with E-state index in [2.05, 4.69) is 10.4 Å². The van der Waals surface area contributed by atoms with E-state index >= 15 is 0 Å². The number of nitrogens with zero attached hydrogens (tertiary/aromatic N) is 2. The van der Waals surface area contributed by atoms with Gasteiger partial charge in [-0.05, 0) is 30.3 Å². The van der Waals surface area contributed by atoms with E-state index in [1.165, 1.54) is 17.0 Å². The van der Waals surface area contributed by atoms with Gasteiger partial charge in [-0.1, -0.05) is 18.2 Å². The van der Waals surface area contributed by atoms with Gasteiger partial charge in [0.2, 0.25) is 0 Å². The highest BCUT2D eigenvalue weighted by Crippen LogP contribution is 2.30.